The van der Waals surface area contributed by atoms with Crippen molar-refractivity contribution in [2.75, 3.05) is 46.4 Å². The van der Waals surface area contributed by atoms with E-state index in [-0.39, 0.29) is 18.0 Å². The summed E-state index contributed by atoms with van der Waals surface area (Å²) in [6, 6.07) is 6.33. The monoisotopic (exact) mass is 336 g/mol. The highest BCUT2D eigenvalue weighted by molar-refractivity contribution is 7.10. The molecule has 0 spiro atoms. The van der Waals surface area contributed by atoms with Gasteiger partial charge in [0.1, 0.15) is 0 Å². The van der Waals surface area contributed by atoms with E-state index < -0.39 is 0 Å². The number of carbonyl (C=O) groups is 1. The van der Waals surface area contributed by atoms with Gasteiger partial charge in [-0.05, 0) is 18.4 Å². The van der Waals surface area contributed by atoms with Crippen LogP contribution in [0.1, 0.15) is 17.8 Å². The molecule has 0 saturated carbocycles. The van der Waals surface area contributed by atoms with Crippen molar-refractivity contribution in [2.24, 2.45) is 5.92 Å². The predicted molar refractivity (Wildman–Crippen MR) is 90.3 cm³/mol. The Bertz CT molecular complexity index is 523. The lowest BCUT2D eigenvalue weighted by Gasteiger charge is -2.34. The van der Waals surface area contributed by atoms with Crippen molar-refractivity contribution in [1.29, 1.82) is 5.26 Å². The summed E-state index contributed by atoms with van der Waals surface area (Å²) in [5.41, 5.74) is 0. The molecule has 0 aliphatic carbocycles. The maximum Gasteiger partial charge on any atom is 0.317 e. The number of rotatable bonds is 6. The SMILES string of the molecule is CC(C#N)CN(C)C(=O)NCC(c1cccs1)N1CCOCC1. The van der Waals surface area contributed by atoms with Crippen molar-refractivity contribution >= 4 is 17.4 Å². The van der Waals surface area contributed by atoms with E-state index >= 15 is 0 Å². The molecule has 6 nitrogen and oxygen atoms in total. The second-order valence-electron chi connectivity index (χ2n) is 5.78. The fourth-order valence-corrected chi connectivity index (χ4v) is 3.49. The van der Waals surface area contributed by atoms with Crippen molar-refractivity contribution in [3.8, 4) is 6.07 Å². The van der Waals surface area contributed by atoms with Crippen LogP contribution in [0, 0.1) is 17.2 Å². The average Bonchev–Trinajstić information content (AvgIpc) is 3.10. The molecule has 23 heavy (non-hydrogen) atoms. The van der Waals surface area contributed by atoms with Gasteiger partial charge in [0, 0.05) is 38.1 Å². The molecule has 1 fully saturated rings. The molecule has 126 valence electrons. The smallest absolute Gasteiger partial charge is 0.317 e. The number of nitriles is 1. The number of nitrogens with one attached hydrogen (secondary N) is 1. The third-order valence-electron chi connectivity index (χ3n) is 3.92. The van der Waals surface area contributed by atoms with E-state index in [1.807, 2.05) is 13.0 Å². The van der Waals surface area contributed by atoms with Crippen LogP contribution >= 0.6 is 11.3 Å². The zero-order valence-electron chi connectivity index (χ0n) is 13.7. The van der Waals surface area contributed by atoms with Gasteiger partial charge in [-0.2, -0.15) is 5.26 Å². The van der Waals surface area contributed by atoms with E-state index in [4.69, 9.17) is 10.00 Å². The molecule has 0 bridgehead atoms. The molecule has 1 aliphatic rings. The minimum absolute atomic E-state index is 0.137. The highest BCUT2D eigenvalue weighted by Gasteiger charge is 2.24. The van der Waals surface area contributed by atoms with Crippen LogP contribution in [0.25, 0.3) is 0 Å². The van der Waals surface area contributed by atoms with E-state index in [0.717, 1.165) is 26.3 Å². The summed E-state index contributed by atoms with van der Waals surface area (Å²) >= 11 is 1.71. The van der Waals surface area contributed by atoms with Gasteiger partial charge in [-0.15, -0.1) is 11.3 Å². The first-order valence-electron chi connectivity index (χ1n) is 7.85. The molecule has 1 aliphatic heterocycles. The quantitative estimate of drug-likeness (QED) is 0.862. The molecule has 2 rings (SSSR count). The van der Waals surface area contributed by atoms with Gasteiger partial charge in [0.15, 0.2) is 0 Å². The lowest BCUT2D eigenvalue weighted by Crippen LogP contribution is -2.46. The number of urea groups is 1. The molecule has 1 saturated heterocycles. The normalized spacial score (nSPS) is 18.0. The largest absolute Gasteiger partial charge is 0.379 e. The van der Waals surface area contributed by atoms with Crippen molar-refractivity contribution in [2.45, 2.75) is 13.0 Å². The lowest BCUT2D eigenvalue weighted by atomic mass is 10.2. The van der Waals surface area contributed by atoms with Gasteiger partial charge in [-0.1, -0.05) is 6.07 Å². The number of hydrogen-bond donors (Lipinski definition) is 1. The van der Waals surface area contributed by atoms with Crippen LogP contribution in [0.4, 0.5) is 4.79 Å². The van der Waals surface area contributed by atoms with Crippen LogP contribution in [-0.4, -0.2) is 62.3 Å². The van der Waals surface area contributed by atoms with Crippen molar-refractivity contribution in [3.05, 3.63) is 22.4 Å². The van der Waals surface area contributed by atoms with Crippen molar-refractivity contribution < 1.29 is 9.53 Å². The maximum absolute atomic E-state index is 12.2. The summed E-state index contributed by atoms with van der Waals surface area (Å²) in [7, 11) is 1.72. The summed E-state index contributed by atoms with van der Waals surface area (Å²) in [5.74, 6) is -0.168. The summed E-state index contributed by atoms with van der Waals surface area (Å²) in [6.45, 7) is 6.02. The standard InChI is InChI=1S/C16H24N4O2S/c1-13(10-17)12-19(2)16(21)18-11-14(15-4-3-9-23-15)20-5-7-22-8-6-20/h3-4,9,13-14H,5-8,11-12H2,1-2H3,(H,18,21). The molecular formula is C16H24N4O2S. The first kappa shape index (κ1) is 17.7. The molecular weight excluding hydrogens is 312 g/mol. The zero-order chi connectivity index (χ0) is 16.7. The number of ether oxygens (including phenoxy) is 1. The summed E-state index contributed by atoms with van der Waals surface area (Å²) in [5, 5.41) is 13.9. The first-order valence-corrected chi connectivity index (χ1v) is 8.73. The first-order chi connectivity index (χ1) is 11.1. The fourth-order valence-electron chi connectivity index (χ4n) is 2.63. The number of thiophene rings is 1. The van der Waals surface area contributed by atoms with E-state index in [9.17, 15) is 4.79 Å². The Morgan fingerprint density at radius 2 is 2.30 bits per heavy atom. The molecule has 1 aromatic heterocycles. The number of hydrogen-bond acceptors (Lipinski definition) is 5. The Hall–Kier alpha value is -1.62. The Balaban J connectivity index is 1.93. The Morgan fingerprint density at radius 1 is 1.57 bits per heavy atom. The Morgan fingerprint density at radius 3 is 2.91 bits per heavy atom. The lowest BCUT2D eigenvalue weighted by molar-refractivity contribution is 0.0172. The van der Waals surface area contributed by atoms with E-state index in [0.29, 0.717) is 13.1 Å². The molecule has 0 aromatic carbocycles. The second-order valence-corrected chi connectivity index (χ2v) is 6.76. The molecule has 2 unspecified atom stereocenters. The third kappa shape index (κ3) is 5.20. The molecule has 7 heteroatoms. The minimum atomic E-state index is -0.168. The predicted octanol–water partition coefficient (Wildman–Crippen LogP) is 1.92. The highest BCUT2D eigenvalue weighted by atomic mass is 32.1. The highest BCUT2D eigenvalue weighted by Crippen LogP contribution is 2.25. The molecule has 1 N–H and O–H groups in total. The molecule has 1 aromatic rings. The van der Waals surface area contributed by atoms with E-state index in [1.54, 1.807) is 23.3 Å². The van der Waals surface area contributed by atoms with Crippen LogP contribution in [0.5, 0.6) is 0 Å². The summed E-state index contributed by atoms with van der Waals surface area (Å²) < 4.78 is 5.42. The van der Waals surface area contributed by atoms with Gasteiger partial charge < -0.3 is 15.0 Å². The van der Waals surface area contributed by atoms with Crippen molar-refractivity contribution in [3.63, 3.8) is 0 Å². The van der Waals surface area contributed by atoms with E-state index in [2.05, 4.69) is 27.7 Å². The van der Waals surface area contributed by atoms with Crippen LogP contribution in [-0.2, 0) is 4.74 Å². The van der Waals surface area contributed by atoms with E-state index in [1.165, 1.54) is 4.88 Å². The number of morpholine rings is 1. The number of carbonyl (C=O) groups excluding carboxylic acids is 1. The zero-order valence-corrected chi connectivity index (χ0v) is 14.5. The molecule has 2 amide bonds. The maximum atomic E-state index is 12.2. The van der Waals surface area contributed by atoms with Crippen LogP contribution in [0.2, 0.25) is 0 Å². The molecule has 2 heterocycles. The van der Waals surface area contributed by atoms with Gasteiger partial charge in [-0.25, -0.2) is 4.79 Å². The Kier molecular flexibility index (Phi) is 6.84. The van der Waals surface area contributed by atoms with Crippen LogP contribution in [0.15, 0.2) is 17.5 Å². The summed E-state index contributed by atoms with van der Waals surface area (Å²) in [4.78, 5) is 17.4. The number of amides is 2. The van der Waals surface area contributed by atoms with Gasteiger partial charge in [0.05, 0.1) is 31.2 Å². The second kappa shape index (κ2) is 8.87. The topological polar surface area (TPSA) is 68.6 Å². The van der Waals surface area contributed by atoms with Gasteiger partial charge in [0.25, 0.3) is 0 Å². The van der Waals surface area contributed by atoms with Gasteiger partial charge in [-0.3, -0.25) is 4.90 Å². The van der Waals surface area contributed by atoms with Crippen LogP contribution in [0.3, 0.4) is 0 Å². The molecule has 2 atom stereocenters. The van der Waals surface area contributed by atoms with Gasteiger partial charge >= 0.3 is 6.03 Å². The van der Waals surface area contributed by atoms with Crippen LogP contribution < -0.4 is 5.32 Å². The van der Waals surface area contributed by atoms with Crippen molar-refractivity contribution in [1.82, 2.24) is 15.1 Å². The summed E-state index contributed by atoms with van der Waals surface area (Å²) in [6.07, 6.45) is 0. The average molecular weight is 336 g/mol. The minimum Gasteiger partial charge on any atom is -0.379 e. The molecule has 0 radical (unpaired) electrons. The Labute approximate surface area is 141 Å². The fraction of sp³-hybridized carbons (Fsp3) is 0.625. The van der Waals surface area contributed by atoms with Gasteiger partial charge in [0.2, 0.25) is 0 Å². The third-order valence-corrected chi connectivity index (χ3v) is 4.89. The number of nitrogens with zero attached hydrogens (tertiary/aromatic N) is 3.